The van der Waals surface area contributed by atoms with E-state index < -0.39 is 5.97 Å². The molecule has 5 heteroatoms. The Morgan fingerprint density at radius 1 is 1.28 bits per heavy atom. The fourth-order valence-corrected chi connectivity index (χ4v) is 2.27. The van der Waals surface area contributed by atoms with Gasteiger partial charge in [-0.25, -0.2) is 4.79 Å². The average Bonchev–Trinajstić information content (AvgIpc) is 2.34. The van der Waals surface area contributed by atoms with Gasteiger partial charge in [0.15, 0.2) is 0 Å². The zero-order chi connectivity index (χ0) is 13.4. The Hall–Kier alpha value is -1.26. The summed E-state index contributed by atoms with van der Waals surface area (Å²) in [5, 5.41) is 11.6. The average molecular weight is 256 g/mol. The summed E-state index contributed by atoms with van der Waals surface area (Å²) in [6.45, 7) is 4.23. The highest BCUT2D eigenvalue weighted by molar-refractivity contribution is 5.74. The predicted molar refractivity (Wildman–Crippen MR) is 69.5 cm³/mol. The molecule has 18 heavy (non-hydrogen) atoms. The minimum absolute atomic E-state index is 0.000113. The van der Waals surface area contributed by atoms with Gasteiger partial charge in [-0.3, -0.25) is 4.79 Å². The van der Waals surface area contributed by atoms with Crippen LogP contribution in [0.1, 0.15) is 45.4 Å². The molecule has 1 aliphatic rings. The molecule has 0 aromatic rings. The Kier molecular flexibility index (Phi) is 6.54. The van der Waals surface area contributed by atoms with Crippen LogP contribution in [-0.4, -0.2) is 41.6 Å². The van der Waals surface area contributed by atoms with Crippen LogP contribution in [0, 0.1) is 5.92 Å². The third-order valence-corrected chi connectivity index (χ3v) is 3.42. The third kappa shape index (κ3) is 5.38. The molecule has 1 heterocycles. The number of aliphatic carboxylic acids is 1. The minimum atomic E-state index is -0.738. The molecule has 0 aliphatic carbocycles. The minimum Gasteiger partial charge on any atom is -0.481 e. The summed E-state index contributed by atoms with van der Waals surface area (Å²) in [4.78, 5) is 24.2. The van der Waals surface area contributed by atoms with Gasteiger partial charge in [-0.1, -0.05) is 19.8 Å². The summed E-state index contributed by atoms with van der Waals surface area (Å²) < 4.78 is 0. The molecule has 2 N–H and O–H groups in total. The van der Waals surface area contributed by atoms with Crippen LogP contribution in [0.4, 0.5) is 4.79 Å². The Balaban J connectivity index is 2.17. The van der Waals surface area contributed by atoms with Gasteiger partial charge in [0.05, 0.1) is 0 Å². The number of carboxylic acids is 1. The number of unbranched alkanes of at least 4 members (excludes halogenated alkanes) is 2. The van der Waals surface area contributed by atoms with Gasteiger partial charge in [0.25, 0.3) is 0 Å². The molecule has 0 saturated carbocycles. The first-order chi connectivity index (χ1) is 8.63. The van der Waals surface area contributed by atoms with Gasteiger partial charge in [-0.15, -0.1) is 0 Å². The van der Waals surface area contributed by atoms with Crippen LogP contribution in [0.15, 0.2) is 0 Å². The summed E-state index contributed by atoms with van der Waals surface area (Å²) in [5.74, 6) is -0.510. The molecule has 0 atom stereocenters. The molecule has 0 radical (unpaired) electrons. The first kappa shape index (κ1) is 14.8. The van der Waals surface area contributed by atoms with Crippen molar-refractivity contribution < 1.29 is 14.7 Å². The van der Waals surface area contributed by atoms with Crippen molar-refractivity contribution in [2.45, 2.75) is 45.4 Å². The first-order valence-corrected chi connectivity index (χ1v) is 6.88. The maximum absolute atomic E-state index is 11.8. The van der Waals surface area contributed by atoms with Crippen LogP contribution in [-0.2, 0) is 4.79 Å². The van der Waals surface area contributed by atoms with Crippen LogP contribution in [0.5, 0.6) is 0 Å². The second kappa shape index (κ2) is 7.95. The van der Waals surface area contributed by atoms with Crippen molar-refractivity contribution in [3.05, 3.63) is 0 Å². The number of carbonyl (C=O) groups is 2. The number of nitrogens with zero attached hydrogens (tertiary/aromatic N) is 1. The highest BCUT2D eigenvalue weighted by Crippen LogP contribution is 2.20. The van der Waals surface area contributed by atoms with Gasteiger partial charge in [-0.05, 0) is 25.2 Å². The topological polar surface area (TPSA) is 69.6 Å². The fraction of sp³-hybridized carbons (Fsp3) is 0.846. The maximum Gasteiger partial charge on any atom is 0.317 e. The predicted octanol–water partition coefficient (Wildman–Crippen LogP) is 2.07. The number of carboxylic acid groups (broad SMARTS) is 1. The van der Waals surface area contributed by atoms with E-state index in [0.29, 0.717) is 13.1 Å². The molecule has 5 nitrogen and oxygen atoms in total. The number of rotatable bonds is 6. The molecular weight excluding hydrogens is 232 g/mol. The number of hydrogen-bond donors (Lipinski definition) is 2. The molecule has 1 aliphatic heterocycles. The number of urea groups is 1. The van der Waals surface area contributed by atoms with E-state index in [1.807, 2.05) is 0 Å². The number of hydrogen-bond acceptors (Lipinski definition) is 2. The lowest BCUT2D eigenvalue weighted by atomic mass is 9.94. The second-order valence-corrected chi connectivity index (χ2v) is 4.97. The number of amides is 2. The van der Waals surface area contributed by atoms with E-state index in [1.165, 1.54) is 0 Å². The first-order valence-electron chi connectivity index (χ1n) is 6.88. The van der Waals surface area contributed by atoms with Crippen LogP contribution in [0.25, 0.3) is 0 Å². The van der Waals surface area contributed by atoms with Crippen LogP contribution >= 0.6 is 0 Å². The molecule has 1 rings (SSSR count). The van der Waals surface area contributed by atoms with Crippen LogP contribution in [0.2, 0.25) is 0 Å². The molecule has 0 spiro atoms. The van der Waals surface area contributed by atoms with Crippen molar-refractivity contribution >= 4 is 12.0 Å². The highest BCUT2D eigenvalue weighted by Gasteiger charge is 2.23. The maximum atomic E-state index is 11.8. The van der Waals surface area contributed by atoms with Crippen molar-refractivity contribution in [2.75, 3.05) is 19.6 Å². The van der Waals surface area contributed by atoms with Gasteiger partial charge in [0, 0.05) is 26.1 Å². The van der Waals surface area contributed by atoms with Crippen molar-refractivity contribution in [1.29, 1.82) is 0 Å². The van der Waals surface area contributed by atoms with E-state index >= 15 is 0 Å². The molecule has 104 valence electrons. The molecule has 0 aromatic heterocycles. The zero-order valence-corrected chi connectivity index (χ0v) is 11.2. The number of likely N-dealkylation sites (tertiary alicyclic amines) is 1. The third-order valence-electron chi connectivity index (χ3n) is 3.42. The van der Waals surface area contributed by atoms with E-state index in [1.54, 1.807) is 4.90 Å². The highest BCUT2D eigenvalue weighted by atomic mass is 16.4. The summed E-state index contributed by atoms with van der Waals surface area (Å²) in [6.07, 6.45) is 5.14. The Morgan fingerprint density at radius 3 is 2.50 bits per heavy atom. The van der Waals surface area contributed by atoms with Crippen molar-refractivity contribution in [3.8, 4) is 0 Å². The summed E-state index contributed by atoms with van der Waals surface area (Å²) in [5.41, 5.74) is 0. The smallest absolute Gasteiger partial charge is 0.317 e. The van der Waals surface area contributed by atoms with Gasteiger partial charge >= 0.3 is 12.0 Å². The monoisotopic (exact) mass is 256 g/mol. The Labute approximate surface area is 109 Å². The Morgan fingerprint density at radius 2 is 1.94 bits per heavy atom. The summed E-state index contributed by atoms with van der Waals surface area (Å²) >= 11 is 0. The van der Waals surface area contributed by atoms with E-state index in [4.69, 9.17) is 5.11 Å². The molecular formula is C13H24N2O3. The van der Waals surface area contributed by atoms with E-state index in [0.717, 1.165) is 38.6 Å². The lowest BCUT2D eigenvalue weighted by Crippen LogP contribution is -2.44. The standard InChI is InChI=1S/C13H24N2O3/c1-2-3-4-7-14-13(18)15-8-5-11(6-9-15)10-12(16)17/h11H,2-10H2,1H3,(H,14,18)(H,16,17). The fourth-order valence-electron chi connectivity index (χ4n) is 2.27. The lowest BCUT2D eigenvalue weighted by Gasteiger charge is -2.31. The zero-order valence-electron chi connectivity index (χ0n) is 11.2. The summed E-state index contributed by atoms with van der Waals surface area (Å²) in [7, 11) is 0. The summed E-state index contributed by atoms with van der Waals surface area (Å²) in [6, 6.07) is -0.000113. The van der Waals surface area contributed by atoms with E-state index in [9.17, 15) is 9.59 Å². The molecule has 0 unspecified atom stereocenters. The van der Waals surface area contributed by atoms with E-state index in [-0.39, 0.29) is 18.4 Å². The number of piperidine rings is 1. The number of nitrogens with one attached hydrogen (secondary N) is 1. The number of carbonyl (C=O) groups excluding carboxylic acids is 1. The quantitative estimate of drug-likeness (QED) is 0.715. The lowest BCUT2D eigenvalue weighted by molar-refractivity contribution is -0.138. The van der Waals surface area contributed by atoms with Gasteiger partial charge in [0.2, 0.25) is 0 Å². The van der Waals surface area contributed by atoms with Crippen LogP contribution in [0.3, 0.4) is 0 Å². The van der Waals surface area contributed by atoms with Gasteiger partial charge in [-0.2, -0.15) is 0 Å². The van der Waals surface area contributed by atoms with E-state index in [2.05, 4.69) is 12.2 Å². The normalized spacial score (nSPS) is 16.6. The molecule has 0 aromatic carbocycles. The van der Waals surface area contributed by atoms with Gasteiger partial charge < -0.3 is 15.3 Å². The SMILES string of the molecule is CCCCCNC(=O)N1CCC(CC(=O)O)CC1. The molecule has 2 amide bonds. The van der Waals surface area contributed by atoms with Crippen molar-refractivity contribution in [1.82, 2.24) is 10.2 Å². The molecule has 1 fully saturated rings. The largest absolute Gasteiger partial charge is 0.481 e. The Bertz CT molecular complexity index is 273. The van der Waals surface area contributed by atoms with Gasteiger partial charge in [0.1, 0.15) is 0 Å². The van der Waals surface area contributed by atoms with Crippen molar-refractivity contribution in [3.63, 3.8) is 0 Å². The van der Waals surface area contributed by atoms with Crippen LogP contribution < -0.4 is 5.32 Å². The second-order valence-electron chi connectivity index (χ2n) is 4.97. The van der Waals surface area contributed by atoms with Crippen molar-refractivity contribution in [2.24, 2.45) is 5.92 Å². The molecule has 1 saturated heterocycles. The molecule has 0 bridgehead atoms.